The molecule has 10 heteroatoms. The van der Waals surface area contributed by atoms with Crippen molar-refractivity contribution in [3.8, 4) is 0 Å². The van der Waals surface area contributed by atoms with E-state index < -0.39 is 36.6 Å². The molecule has 0 radical (unpaired) electrons. The number of carbonyl (C=O) groups excluding carboxylic acids is 1. The number of alkyl halides is 7. The molecule has 0 aliphatic heterocycles. The van der Waals surface area contributed by atoms with Crippen molar-refractivity contribution in [3.05, 3.63) is 0 Å². The van der Waals surface area contributed by atoms with Crippen LogP contribution < -0.4 is 5.32 Å². The van der Waals surface area contributed by atoms with Crippen LogP contribution in [0.15, 0.2) is 0 Å². The van der Waals surface area contributed by atoms with Crippen LogP contribution in [0.5, 0.6) is 0 Å². The van der Waals surface area contributed by atoms with Crippen LogP contribution in [0.25, 0.3) is 0 Å². The molecule has 1 unspecified atom stereocenters. The first-order valence-electron chi connectivity index (χ1n) is 4.66. The van der Waals surface area contributed by atoms with Gasteiger partial charge in [0.05, 0.1) is 12.6 Å². The fourth-order valence-corrected chi connectivity index (χ4v) is 0.873. The lowest BCUT2D eigenvalue weighted by Gasteiger charge is -2.28. The first-order valence-corrected chi connectivity index (χ1v) is 4.66. The third kappa shape index (κ3) is 3.03. The maximum absolute atomic E-state index is 12.8. The molecule has 0 aromatic carbocycles. The van der Waals surface area contributed by atoms with Gasteiger partial charge in [-0.25, -0.2) is 0 Å². The minimum atomic E-state index is -6.56. The van der Waals surface area contributed by atoms with E-state index in [1.54, 1.807) is 0 Å². The monoisotopic (exact) mass is 285 g/mol. The molecule has 1 atom stereocenters. The molecule has 108 valence electrons. The normalized spacial score (nSPS) is 15.4. The Morgan fingerprint density at radius 1 is 1.17 bits per heavy atom. The molecule has 3 nitrogen and oxygen atoms in total. The van der Waals surface area contributed by atoms with Gasteiger partial charge >= 0.3 is 18.0 Å². The van der Waals surface area contributed by atoms with Crippen molar-refractivity contribution in [2.75, 3.05) is 6.61 Å². The summed E-state index contributed by atoms with van der Waals surface area (Å²) in [5.74, 6) is -15.2. The number of carbonyl (C=O) groups is 1. The van der Waals surface area contributed by atoms with Crippen LogP contribution in [0.3, 0.4) is 0 Å². The topological polar surface area (TPSA) is 49.3 Å². The Balaban J connectivity index is 5.09. The Morgan fingerprint density at radius 2 is 1.61 bits per heavy atom. The van der Waals surface area contributed by atoms with Crippen LogP contribution in [0, 0.1) is 0 Å². The Labute approximate surface area is 97.0 Å². The number of hydrogen-bond donors (Lipinski definition) is 2. The second kappa shape index (κ2) is 5.29. The first kappa shape index (κ1) is 16.9. The molecule has 0 aliphatic rings. The van der Waals surface area contributed by atoms with E-state index >= 15 is 0 Å². The molecule has 0 saturated carbocycles. The molecule has 0 heterocycles. The summed E-state index contributed by atoms with van der Waals surface area (Å²) < 4.78 is 85.6. The summed E-state index contributed by atoms with van der Waals surface area (Å²) in [6.45, 7) is 0.442. The van der Waals surface area contributed by atoms with Crippen LogP contribution >= 0.6 is 0 Å². The van der Waals surface area contributed by atoms with E-state index in [0.717, 1.165) is 0 Å². The summed E-state index contributed by atoms with van der Waals surface area (Å²) in [5, 5.41) is 9.75. The van der Waals surface area contributed by atoms with E-state index in [2.05, 4.69) is 0 Å². The molecule has 1 amide bonds. The average molecular weight is 285 g/mol. The number of halogens is 7. The molecular formula is C8H10F7NO2. The van der Waals surface area contributed by atoms with Crippen LogP contribution in [0.1, 0.15) is 13.3 Å². The van der Waals surface area contributed by atoms with Crippen LogP contribution in [0.2, 0.25) is 0 Å². The third-order valence-corrected chi connectivity index (χ3v) is 2.08. The predicted molar refractivity (Wildman–Crippen MR) is 45.3 cm³/mol. The molecule has 18 heavy (non-hydrogen) atoms. The molecular weight excluding hydrogens is 275 g/mol. The van der Waals surface area contributed by atoms with Gasteiger partial charge in [0.15, 0.2) is 0 Å². The highest BCUT2D eigenvalue weighted by molar-refractivity contribution is 5.85. The summed E-state index contributed by atoms with van der Waals surface area (Å²) in [7, 11) is 0. The second-order valence-corrected chi connectivity index (χ2v) is 3.41. The number of hydrogen-bond acceptors (Lipinski definition) is 2. The van der Waals surface area contributed by atoms with Gasteiger partial charge in [-0.15, -0.1) is 0 Å². The number of amides is 1. The van der Waals surface area contributed by atoms with Crippen molar-refractivity contribution in [2.45, 2.75) is 37.4 Å². The summed E-state index contributed by atoms with van der Waals surface area (Å²) in [4.78, 5) is 10.7. The van der Waals surface area contributed by atoms with Crippen LogP contribution in [-0.4, -0.2) is 41.7 Å². The van der Waals surface area contributed by atoms with E-state index in [4.69, 9.17) is 5.11 Å². The van der Waals surface area contributed by atoms with E-state index in [1.165, 1.54) is 12.2 Å². The van der Waals surface area contributed by atoms with Crippen molar-refractivity contribution in [1.29, 1.82) is 0 Å². The molecule has 0 rings (SSSR count). The smallest absolute Gasteiger partial charge is 0.394 e. The molecule has 2 N–H and O–H groups in total. The zero-order valence-electron chi connectivity index (χ0n) is 8.99. The van der Waals surface area contributed by atoms with Gasteiger partial charge in [0.25, 0.3) is 5.91 Å². The maximum atomic E-state index is 12.8. The number of nitrogens with one attached hydrogen (secondary N) is 1. The quantitative estimate of drug-likeness (QED) is 0.755. The highest BCUT2D eigenvalue weighted by atomic mass is 19.4. The minimum absolute atomic E-state index is 0.115. The van der Waals surface area contributed by atoms with Crippen molar-refractivity contribution >= 4 is 5.91 Å². The van der Waals surface area contributed by atoms with Gasteiger partial charge in [-0.1, -0.05) is 6.92 Å². The Kier molecular flexibility index (Phi) is 4.98. The first-order chi connectivity index (χ1) is 7.91. The summed E-state index contributed by atoms with van der Waals surface area (Å²) >= 11 is 0. The predicted octanol–water partition coefficient (Wildman–Crippen LogP) is 1.71. The molecule has 0 bridgehead atoms. The minimum Gasteiger partial charge on any atom is -0.394 e. The van der Waals surface area contributed by atoms with Gasteiger partial charge in [-0.3, -0.25) is 4.79 Å². The SMILES string of the molecule is CCC(CO)NC(=O)C(F)(F)C(F)(F)C(F)(F)F. The zero-order chi connectivity index (χ0) is 14.8. The molecule has 0 aromatic rings. The van der Waals surface area contributed by atoms with Gasteiger partial charge < -0.3 is 10.4 Å². The van der Waals surface area contributed by atoms with Crippen molar-refractivity contribution < 1.29 is 40.6 Å². The summed E-state index contributed by atoms with van der Waals surface area (Å²) in [6, 6.07) is -1.33. The molecule has 0 spiro atoms. The third-order valence-electron chi connectivity index (χ3n) is 2.08. The molecule has 0 aromatic heterocycles. The Morgan fingerprint density at radius 3 is 1.89 bits per heavy atom. The van der Waals surface area contributed by atoms with E-state index in [9.17, 15) is 35.5 Å². The highest BCUT2D eigenvalue weighted by Gasteiger charge is 2.76. The largest absolute Gasteiger partial charge is 0.460 e. The highest BCUT2D eigenvalue weighted by Crippen LogP contribution is 2.46. The van der Waals surface area contributed by atoms with E-state index in [1.807, 2.05) is 0 Å². The van der Waals surface area contributed by atoms with E-state index in [0.29, 0.717) is 0 Å². The number of rotatable bonds is 5. The number of aliphatic hydroxyl groups excluding tert-OH is 1. The fraction of sp³-hybridized carbons (Fsp3) is 0.875. The van der Waals surface area contributed by atoms with Crippen LogP contribution in [-0.2, 0) is 4.79 Å². The number of aliphatic hydroxyl groups is 1. The van der Waals surface area contributed by atoms with Gasteiger partial charge in [0, 0.05) is 0 Å². The van der Waals surface area contributed by atoms with Crippen molar-refractivity contribution in [1.82, 2.24) is 5.32 Å². The molecule has 0 fully saturated rings. The molecule has 0 aliphatic carbocycles. The lowest BCUT2D eigenvalue weighted by molar-refractivity contribution is -0.344. The average Bonchev–Trinajstić information content (AvgIpc) is 2.23. The molecule has 0 saturated heterocycles. The second-order valence-electron chi connectivity index (χ2n) is 3.41. The summed E-state index contributed by atoms with van der Waals surface area (Å²) in [6.07, 6.45) is -6.68. The fourth-order valence-electron chi connectivity index (χ4n) is 0.873. The van der Waals surface area contributed by atoms with Gasteiger partial charge in [0.2, 0.25) is 0 Å². The van der Waals surface area contributed by atoms with Gasteiger partial charge in [-0.2, -0.15) is 30.7 Å². The lowest BCUT2D eigenvalue weighted by atomic mass is 10.1. The van der Waals surface area contributed by atoms with Crippen molar-refractivity contribution in [3.63, 3.8) is 0 Å². The van der Waals surface area contributed by atoms with Crippen LogP contribution in [0.4, 0.5) is 30.7 Å². The zero-order valence-corrected chi connectivity index (χ0v) is 8.99. The van der Waals surface area contributed by atoms with Crippen molar-refractivity contribution in [2.24, 2.45) is 0 Å². The van der Waals surface area contributed by atoms with Gasteiger partial charge in [0.1, 0.15) is 0 Å². The Bertz CT molecular complexity index is 298. The van der Waals surface area contributed by atoms with Gasteiger partial charge in [-0.05, 0) is 6.42 Å². The summed E-state index contributed by atoms with van der Waals surface area (Å²) in [5.41, 5.74) is 0. The van der Waals surface area contributed by atoms with E-state index in [-0.39, 0.29) is 6.42 Å². The maximum Gasteiger partial charge on any atom is 0.460 e. The standard InChI is InChI=1S/C8H10F7NO2/c1-2-4(3-17)16-5(18)6(9,10)7(11,12)8(13,14)15/h4,17H,2-3H2,1H3,(H,16,18). The Hall–Kier alpha value is -1.06. The lowest BCUT2D eigenvalue weighted by Crippen LogP contribution is -2.60.